The number of nitrogens with zero attached hydrogens (tertiary/aromatic N) is 4. The van der Waals surface area contributed by atoms with E-state index in [1.54, 1.807) is 11.6 Å². The Morgan fingerprint density at radius 3 is 2.72 bits per heavy atom. The van der Waals surface area contributed by atoms with Crippen LogP contribution >= 0.6 is 11.3 Å². The maximum absolute atomic E-state index is 12.3. The predicted molar refractivity (Wildman–Crippen MR) is 87.4 cm³/mol. The molecule has 0 aliphatic carbocycles. The lowest BCUT2D eigenvalue weighted by Crippen LogP contribution is -2.14. The van der Waals surface area contributed by atoms with Crippen LogP contribution in [0.5, 0.6) is 0 Å². The molecule has 0 saturated carbocycles. The molecule has 2 heterocycles. The number of hydrogen-bond acceptors (Lipinski definition) is 8. The van der Waals surface area contributed by atoms with E-state index in [1.165, 1.54) is 41.8 Å². The number of carbonyl (C=O) groups is 2. The molecule has 0 aliphatic rings. The molecule has 9 nitrogen and oxygen atoms in total. The van der Waals surface area contributed by atoms with Gasteiger partial charge in [0, 0.05) is 29.9 Å². The van der Waals surface area contributed by atoms with Gasteiger partial charge in [0.1, 0.15) is 12.3 Å². The van der Waals surface area contributed by atoms with Crippen molar-refractivity contribution in [3.05, 3.63) is 63.4 Å². The van der Waals surface area contributed by atoms with Crippen molar-refractivity contribution in [3.63, 3.8) is 0 Å². The highest BCUT2D eigenvalue weighted by molar-refractivity contribution is 7.13. The van der Waals surface area contributed by atoms with E-state index in [0.29, 0.717) is 16.9 Å². The first-order chi connectivity index (χ1) is 12.1. The van der Waals surface area contributed by atoms with Crippen molar-refractivity contribution in [1.29, 1.82) is 0 Å². The molecule has 0 radical (unpaired) electrons. The number of benzene rings is 1. The number of thiazole rings is 1. The molecule has 1 aromatic carbocycles. The second-order valence-corrected chi connectivity index (χ2v) is 5.69. The summed E-state index contributed by atoms with van der Waals surface area (Å²) in [6, 6.07) is 5.65. The Hall–Kier alpha value is -3.40. The molecule has 0 atom stereocenters. The van der Waals surface area contributed by atoms with E-state index < -0.39 is 11.0 Å². The maximum atomic E-state index is 12.3. The molecule has 10 heteroatoms. The Morgan fingerprint density at radius 2 is 2.12 bits per heavy atom. The van der Waals surface area contributed by atoms with Gasteiger partial charge in [-0.2, -0.15) is 0 Å². The summed E-state index contributed by atoms with van der Waals surface area (Å²) in [5.41, 5.74) is 0.620. The first-order valence-corrected chi connectivity index (χ1v) is 7.81. The highest BCUT2D eigenvalue weighted by Crippen LogP contribution is 2.21. The van der Waals surface area contributed by atoms with Crippen LogP contribution in [0, 0.1) is 10.1 Å². The molecular weight excluding hydrogens is 348 g/mol. The molecule has 0 aliphatic heterocycles. The summed E-state index contributed by atoms with van der Waals surface area (Å²) in [4.78, 5) is 41.4. The first kappa shape index (κ1) is 16.5. The second-order valence-electron chi connectivity index (χ2n) is 4.79. The van der Waals surface area contributed by atoms with Gasteiger partial charge in [-0.25, -0.2) is 19.3 Å². The Labute approximate surface area is 144 Å². The normalized spacial score (nSPS) is 10.4. The van der Waals surface area contributed by atoms with Crippen molar-refractivity contribution < 1.29 is 19.2 Å². The molecule has 0 bridgehead atoms. The Bertz CT molecular complexity index is 918. The van der Waals surface area contributed by atoms with Gasteiger partial charge in [-0.3, -0.25) is 14.9 Å². The van der Waals surface area contributed by atoms with Gasteiger partial charge in [-0.1, -0.05) is 0 Å². The Morgan fingerprint density at radius 1 is 1.36 bits per heavy atom. The summed E-state index contributed by atoms with van der Waals surface area (Å²) in [6.07, 6.45) is 2.62. The highest BCUT2D eigenvalue weighted by atomic mass is 32.1. The number of aromatic nitrogens is 3. The first-order valence-electron chi connectivity index (χ1n) is 6.93. The van der Waals surface area contributed by atoms with Gasteiger partial charge < -0.3 is 4.74 Å². The van der Waals surface area contributed by atoms with Gasteiger partial charge >= 0.3 is 6.09 Å². The smallest absolute Gasteiger partial charge is 0.420 e. The second kappa shape index (κ2) is 7.01. The Kier molecular flexibility index (Phi) is 4.61. The molecule has 0 fully saturated rings. The topological polar surface area (TPSA) is 117 Å². The van der Waals surface area contributed by atoms with Crippen LogP contribution in [0.1, 0.15) is 16.1 Å². The quantitative estimate of drug-likeness (QED) is 0.391. The lowest BCUT2D eigenvalue weighted by molar-refractivity contribution is -0.384. The maximum Gasteiger partial charge on any atom is 0.420 e. The largest absolute Gasteiger partial charge is 0.444 e. The molecular formula is C15H10N4O5S. The third-order valence-corrected chi connectivity index (χ3v) is 3.94. The number of non-ortho nitro benzene ring substituents is 1. The number of rotatable bonds is 5. The van der Waals surface area contributed by atoms with Gasteiger partial charge in [0.15, 0.2) is 17.1 Å². The van der Waals surface area contributed by atoms with Crippen LogP contribution in [-0.4, -0.2) is 31.8 Å². The number of hydrogen-bond donors (Lipinski definition) is 0. The van der Waals surface area contributed by atoms with Crippen molar-refractivity contribution in [2.45, 2.75) is 6.61 Å². The summed E-state index contributed by atoms with van der Waals surface area (Å²) in [5, 5.41) is 12.8. The average Bonchev–Trinajstić information content (AvgIpc) is 3.28. The summed E-state index contributed by atoms with van der Waals surface area (Å²) in [7, 11) is 0. The number of nitro benzene ring substituents is 1. The molecule has 126 valence electrons. The summed E-state index contributed by atoms with van der Waals surface area (Å²) in [5.74, 6) is 0.214. The lowest BCUT2D eigenvalue weighted by atomic mass is 10.2. The number of carbonyl (C=O) groups excluding carboxylic acids is 2. The minimum atomic E-state index is -0.732. The summed E-state index contributed by atoms with van der Waals surface area (Å²) < 4.78 is 6.29. The lowest BCUT2D eigenvalue weighted by Gasteiger charge is -2.06. The molecule has 3 rings (SSSR count). The molecule has 0 spiro atoms. The fourth-order valence-electron chi connectivity index (χ4n) is 2.01. The van der Waals surface area contributed by atoms with Crippen LogP contribution in [0.4, 0.5) is 10.5 Å². The minimum Gasteiger partial charge on any atom is -0.444 e. The zero-order chi connectivity index (χ0) is 17.8. The summed E-state index contributed by atoms with van der Waals surface area (Å²) >= 11 is 1.27. The van der Waals surface area contributed by atoms with Crippen molar-refractivity contribution in [2.75, 3.05) is 0 Å². The molecule has 0 saturated heterocycles. The molecule has 3 aromatic rings. The number of aldehydes is 1. The molecule has 25 heavy (non-hydrogen) atoms. The Balaban J connectivity index is 1.76. The van der Waals surface area contributed by atoms with E-state index in [1.807, 2.05) is 0 Å². The zero-order valence-electron chi connectivity index (χ0n) is 12.6. The fraction of sp³-hybridized carbons (Fsp3) is 0.0667. The van der Waals surface area contributed by atoms with Crippen LogP contribution in [0.3, 0.4) is 0 Å². The van der Waals surface area contributed by atoms with Gasteiger partial charge in [0.2, 0.25) is 0 Å². The molecule has 0 unspecified atom stereocenters. The minimum absolute atomic E-state index is 0.0497. The van der Waals surface area contributed by atoms with Gasteiger partial charge in [0.05, 0.1) is 4.92 Å². The van der Waals surface area contributed by atoms with Crippen LogP contribution in [0.15, 0.2) is 42.0 Å². The van der Waals surface area contributed by atoms with E-state index in [2.05, 4.69) is 9.97 Å². The average molecular weight is 358 g/mol. The predicted octanol–water partition coefficient (Wildman–Crippen LogP) is 2.91. The van der Waals surface area contributed by atoms with Crippen molar-refractivity contribution >= 4 is 29.4 Å². The highest BCUT2D eigenvalue weighted by Gasteiger charge is 2.18. The van der Waals surface area contributed by atoms with E-state index in [4.69, 9.17) is 4.74 Å². The van der Waals surface area contributed by atoms with Gasteiger partial charge in [0.25, 0.3) is 5.69 Å². The van der Waals surface area contributed by atoms with Crippen molar-refractivity contribution in [1.82, 2.24) is 14.5 Å². The third-order valence-electron chi connectivity index (χ3n) is 3.18. The van der Waals surface area contributed by atoms with Crippen LogP contribution in [0.25, 0.3) is 10.8 Å². The zero-order valence-corrected chi connectivity index (χ0v) is 13.4. The van der Waals surface area contributed by atoms with Gasteiger partial charge in [-0.15, -0.1) is 11.3 Å². The SMILES string of the molecule is O=Cc1cn(C(=O)OCc2ccc([N+](=O)[O-])cc2)c(-c2nccs2)n1. The van der Waals surface area contributed by atoms with E-state index in [9.17, 15) is 19.7 Å². The number of ether oxygens (including phenoxy) is 1. The summed E-state index contributed by atoms with van der Waals surface area (Å²) in [6.45, 7) is -0.0806. The number of imidazole rings is 1. The standard InChI is InChI=1S/C15H10N4O5S/c20-8-11-7-18(13(17-11)14-16-5-6-25-14)15(21)24-9-10-1-3-12(4-2-10)19(22)23/h1-8H,9H2. The van der Waals surface area contributed by atoms with Crippen LogP contribution in [0.2, 0.25) is 0 Å². The number of nitro groups is 1. The monoisotopic (exact) mass is 358 g/mol. The van der Waals surface area contributed by atoms with Crippen molar-refractivity contribution in [2.24, 2.45) is 0 Å². The van der Waals surface area contributed by atoms with E-state index in [-0.39, 0.29) is 23.8 Å². The molecule has 2 aromatic heterocycles. The van der Waals surface area contributed by atoms with E-state index >= 15 is 0 Å². The van der Waals surface area contributed by atoms with Crippen LogP contribution < -0.4 is 0 Å². The van der Waals surface area contributed by atoms with Crippen molar-refractivity contribution in [3.8, 4) is 10.8 Å². The van der Waals surface area contributed by atoms with Crippen LogP contribution in [-0.2, 0) is 11.3 Å². The fourth-order valence-corrected chi connectivity index (χ4v) is 2.63. The van der Waals surface area contributed by atoms with E-state index in [0.717, 1.165) is 4.57 Å². The van der Waals surface area contributed by atoms with Gasteiger partial charge in [-0.05, 0) is 17.7 Å². The third kappa shape index (κ3) is 3.58. The molecule has 0 N–H and O–H groups in total. The molecule has 0 amide bonds.